The first-order valence-electron chi connectivity index (χ1n) is 7.00. The average Bonchev–Trinajstić information content (AvgIpc) is 2.50. The molecule has 1 aromatic rings. The van der Waals surface area contributed by atoms with E-state index in [0.29, 0.717) is 22.0 Å². The first kappa shape index (κ1) is 17.0. The van der Waals surface area contributed by atoms with E-state index in [4.69, 9.17) is 16.3 Å². The van der Waals surface area contributed by atoms with Gasteiger partial charge in [-0.2, -0.15) is 0 Å². The van der Waals surface area contributed by atoms with Gasteiger partial charge in [0.25, 0.3) is 0 Å². The molecule has 122 valence electrons. The first-order chi connectivity index (χ1) is 10.8. The molecule has 1 aliphatic rings. The van der Waals surface area contributed by atoms with Crippen LogP contribution in [-0.2, 0) is 19.1 Å². The minimum Gasteiger partial charge on any atom is -0.466 e. The molecular weight excluding hydrogens is 320 g/mol. The number of methoxy groups -OCH3 is 1. The fraction of sp³-hybridized carbons (Fsp3) is 0.312. The number of carbonyl (C=O) groups excluding carboxylic acids is 3. The van der Waals surface area contributed by atoms with Crippen LogP contribution in [-0.4, -0.2) is 24.9 Å². The Morgan fingerprint density at radius 3 is 2.70 bits per heavy atom. The Morgan fingerprint density at radius 1 is 1.35 bits per heavy atom. The van der Waals surface area contributed by atoms with Gasteiger partial charge in [0.15, 0.2) is 0 Å². The Hall–Kier alpha value is -2.34. The van der Waals surface area contributed by atoms with E-state index in [1.807, 2.05) is 0 Å². The van der Waals surface area contributed by atoms with Crippen molar-refractivity contribution >= 4 is 35.1 Å². The lowest BCUT2D eigenvalue weighted by Gasteiger charge is -2.25. The van der Waals surface area contributed by atoms with Crippen LogP contribution in [0.15, 0.2) is 29.5 Å². The van der Waals surface area contributed by atoms with Crippen LogP contribution >= 0.6 is 11.6 Å². The Morgan fingerprint density at radius 2 is 2.04 bits per heavy atom. The number of halogens is 1. The van der Waals surface area contributed by atoms with E-state index in [9.17, 15) is 14.4 Å². The fourth-order valence-corrected chi connectivity index (χ4v) is 2.64. The van der Waals surface area contributed by atoms with Crippen LogP contribution in [0.25, 0.3) is 0 Å². The number of hydrogen-bond acceptors (Lipinski definition) is 4. The van der Waals surface area contributed by atoms with Crippen LogP contribution < -0.4 is 10.6 Å². The molecule has 2 N–H and O–H groups in total. The maximum Gasteiger partial charge on any atom is 0.336 e. The Labute approximate surface area is 138 Å². The number of hydrogen-bond donors (Lipinski definition) is 2. The number of anilines is 1. The molecule has 0 fully saturated rings. The van der Waals surface area contributed by atoms with Crippen LogP contribution in [0, 0.1) is 12.8 Å². The van der Waals surface area contributed by atoms with E-state index < -0.39 is 17.8 Å². The molecule has 0 spiro atoms. The number of ether oxygens (including phenoxy) is 1. The quantitative estimate of drug-likeness (QED) is 0.828. The van der Waals surface area contributed by atoms with E-state index in [1.54, 1.807) is 32.0 Å². The van der Waals surface area contributed by atoms with E-state index >= 15 is 0 Å². The summed E-state index contributed by atoms with van der Waals surface area (Å²) in [6.45, 7) is 3.34. The van der Waals surface area contributed by atoms with Gasteiger partial charge < -0.3 is 15.4 Å². The smallest absolute Gasteiger partial charge is 0.336 e. The van der Waals surface area contributed by atoms with Crippen molar-refractivity contribution in [3.05, 3.63) is 40.1 Å². The molecule has 0 bridgehead atoms. The summed E-state index contributed by atoms with van der Waals surface area (Å²) in [4.78, 5) is 36.2. The molecule has 0 aromatic heterocycles. The first-order valence-corrected chi connectivity index (χ1v) is 7.37. The summed E-state index contributed by atoms with van der Waals surface area (Å²) in [6.07, 6.45) is -0.118. The van der Waals surface area contributed by atoms with Crippen LogP contribution in [0.4, 0.5) is 5.69 Å². The predicted molar refractivity (Wildman–Crippen MR) is 85.8 cm³/mol. The standard InChI is InChI=1S/C16H17ClN2O4/c1-8-11(17)5-4-6-12(8)19-15(21)10-7-13(20)18-9(2)14(10)16(22)23-3/h4-6,10H,7H2,1-3H3,(H,18,20)(H,19,21)/t10-/m0/s1. The monoisotopic (exact) mass is 336 g/mol. The van der Waals surface area contributed by atoms with E-state index in [-0.39, 0.29) is 17.9 Å². The highest BCUT2D eigenvalue weighted by molar-refractivity contribution is 6.31. The molecule has 7 heteroatoms. The van der Waals surface area contributed by atoms with Crippen molar-refractivity contribution in [2.24, 2.45) is 5.92 Å². The Kier molecular flexibility index (Phi) is 5.05. The molecule has 0 saturated carbocycles. The maximum absolute atomic E-state index is 12.6. The zero-order valence-corrected chi connectivity index (χ0v) is 13.8. The molecule has 0 unspecified atom stereocenters. The van der Waals surface area contributed by atoms with Gasteiger partial charge in [-0.3, -0.25) is 9.59 Å². The summed E-state index contributed by atoms with van der Waals surface area (Å²) in [7, 11) is 1.23. The number of carbonyl (C=O) groups is 3. The molecule has 2 rings (SSSR count). The molecule has 23 heavy (non-hydrogen) atoms. The topological polar surface area (TPSA) is 84.5 Å². The average molecular weight is 337 g/mol. The van der Waals surface area contributed by atoms with E-state index in [1.165, 1.54) is 7.11 Å². The number of allylic oxidation sites excluding steroid dienone is 1. The van der Waals surface area contributed by atoms with Gasteiger partial charge >= 0.3 is 5.97 Å². The second-order valence-electron chi connectivity index (χ2n) is 5.24. The normalized spacial score (nSPS) is 17.6. The molecule has 0 aliphatic carbocycles. The summed E-state index contributed by atoms with van der Waals surface area (Å²) >= 11 is 6.03. The zero-order valence-electron chi connectivity index (χ0n) is 13.0. The summed E-state index contributed by atoms with van der Waals surface area (Å²) in [5.41, 5.74) is 1.73. The number of rotatable bonds is 3. The van der Waals surface area contributed by atoms with Crippen molar-refractivity contribution in [1.29, 1.82) is 0 Å². The largest absolute Gasteiger partial charge is 0.466 e. The van der Waals surface area contributed by atoms with Crippen molar-refractivity contribution < 1.29 is 19.1 Å². The minimum atomic E-state index is -0.908. The van der Waals surface area contributed by atoms with Crippen molar-refractivity contribution in [3.63, 3.8) is 0 Å². The lowest BCUT2D eigenvalue weighted by atomic mass is 9.89. The van der Waals surface area contributed by atoms with Gasteiger partial charge in [-0.1, -0.05) is 17.7 Å². The summed E-state index contributed by atoms with van der Waals surface area (Å²) in [6, 6.07) is 5.13. The lowest BCUT2D eigenvalue weighted by molar-refractivity contribution is -0.139. The summed E-state index contributed by atoms with van der Waals surface area (Å²) < 4.78 is 4.72. The molecule has 1 atom stereocenters. The van der Waals surface area contributed by atoms with Crippen molar-refractivity contribution in [2.45, 2.75) is 20.3 Å². The lowest BCUT2D eigenvalue weighted by Crippen LogP contribution is -2.40. The van der Waals surface area contributed by atoms with Gasteiger partial charge in [0.2, 0.25) is 11.8 Å². The van der Waals surface area contributed by atoms with Gasteiger partial charge in [-0.25, -0.2) is 4.79 Å². The van der Waals surface area contributed by atoms with Gasteiger partial charge in [-0.05, 0) is 31.5 Å². The van der Waals surface area contributed by atoms with Crippen LogP contribution in [0.3, 0.4) is 0 Å². The minimum absolute atomic E-state index is 0.118. The van der Waals surface area contributed by atoms with Crippen molar-refractivity contribution in [2.75, 3.05) is 12.4 Å². The van der Waals surface area contributed by atoms with Gasteiger partial charge in [0.1, 0.15) is 0 Å². The Balaban J connectivity index is 2.32. The Bertz CT molecular complexity index is 712. The van der Waals surface area contributed by atoms with Crippen molar-refractivity contribution in [3.8, 4) is 0 Å². The number of benzene rings is 1. The third kappa shape index (κ3) is 3.53. The van der Waals surface area contributed by atoms with Gasteiger partial charge in [0, 0.05) is 22.8 Å². The van der Waals surface area contributed by atoms with Gasteiger partial charge in [-0.15, -0.1) is 0 Å². The SMILES string of the molecule is COC(=O)C1=C(C)NC(=O)C[C@@H]1C(=O)Nc1cccc(Cl)c1C. The molecule has 1 heterocycles. The highest BCUT2D eigenvalue weighted by atomic mass is 35.5. The highest BCUT2D eigenvalue weighted by Crippen LogP contribution is 2.28. The van der Waals surface area contributed by atoms with Crippen LogP contribution in [0.5, 0.6) is 0 Å². The second-order valence-corrected chi connectivity index (χ2v) is 5.64. The van der Waals surface area contributed by atoms with Gasteiger partial charge in [0.05, 0.1) is 18.6 Å². The third-order valence-electron chi connectivity index (χ3n) is 3.72. The second kappa shape index (κ2) is 6.83. The van der Waals surface area contributed by atoms with Crippen LogP contribution in [0.1, 0.15) is 18.9 Å². The van der Waals surface area contributed by atoms with Crippen molar-refractivity contribution in [1.82, 2.24) is 5.32 Å². The predicted octanol–water partition coefficient (Wildman–Crippen LogP) is 2.17. The number of esters is 1. The molecule has 0 saturated heterocycles. The summed E-state index contributed by atoms with van der Waals surface area (Å²) in [5, 5.41) is 5.80. The molecular formula is C16H17ClN2O4. The number of amides is 2. The van der Waals surface area contributed by atoms with Crippen LogP contribution in [0.2, 0.25) is 5.02 Å². The summed E-state index contributed by atoms with van der Waals surface area (Å²) in [5.74, 6) is -2.32. The molecule has 1 aliphatic heterocycles. The fourth-order valence-electron chi connectivity index (χ4n) is 2.47. The molecule has 0 radical (unpaired) electrons. The van der Waals surface area contributed by atoms with E-state index in [2.05, 4.69) is 10.6 Å². The maximum atomic E-state index is 12.6. The molecule has 2 amide bonds. The zero-order chi connectivity index (χ0) is 17.1. The van der Waals surface area contributed by atoms with E-state index in [0.717, 1.165) is 0 Å². The molecule has 6 nitrogen and oxygen atoms in total. The highest BCUT2D eigenvalue weighted by Gasteiger charge is 2.36. The third-order valence-corrected chi connectivity index (χ3v) is 4.13. The number of nitrogens with one attached hydrogen (secondary N) is 2. The molecule has 1 aromatic carbocycles.